The number of carboxylic acid groups (broad SMARTS) is 2. The van der Waals surface area contributed by atoms with Gasteiger partial charge in [-0.25, -0.2) is 9.78 Å². The Bertz CT molecular complexity index is 817. The first-order valence-corrected chi connectivity index (χ1v) is 10.3. The minimum absolute atomic E-state index is 0.0588. The Balaban J connectivity index is 3.04. The van der Waals surface area contributed by atoms with Crippen molar-refractivity contribution in [3.63, 3.8) is 0 Å². The quantitative estimate of drug-likeness (QED) is 0.147. The predicted molar refractivity (Wildman–Crippen MR) is 115 cm³/mol. The SMILES string of the molecule is CC(C)C(NC(=O)C(N)CS)C(=O)NC(Cc1cnc[nH]1)C(=O)NC(CC(=O)O)C(=O)O. The number of carbonyl (C=O) groups excluding carboxylic acids is 3. The highest BCUT2D eigenvalue weighted by Crippen LogP contribution is 2.06. The van der Waals surface area contributed by atoms with Gasteiger partial charge in [0.15, 0.2) is 0 Å². The minimum Gasteiger partial charge on any atom is -0.481 e. The molecule has 0 aliphatic rings. The van der Waals surface area contributed by atoms with Gasteiger partial charge in [-0.05, 0) is 5.92 Å². The molecule has 0 aromatic carbocycles. The predicted octanol–water partition coefficient (Wildman–Crippen LogP) is -2.12. The molecule has 3 amide bonds. The molecule has 1 heterocycles. The molecule has 0 radical (unpaired) electrons. The second-order valence-corrected chi connectivity index (χ2v) is 7.72. The first kappa shape index (κ1) is 26.9. The number of amides is 3. The van der Waals surface area contributed by atoms with Crippen molar-refractivity contribution in [2.45, 2.75) is 50.9 Å². The van der Waals surface area contributed by atoms with Crippen molar-refractivity contribution in [3.8, 4) is 0 Å². The average molecular weight is 473 g/mol. The van der Waals surface area contributed by atoms with Gasteiger partial charge in [-0.1, -0.05) is 13.8 Å². The molecule has 0 bridgehead atoms. The first-order chi connectivity index (χ1) is 15.0. The lowest BCUT2D eigenvalue weighted by atomic mass is 10.0. The number of carbonyl (C=O) groups is 5. The van der Waals surface area contributed by atoms with E-state index in [1.54, 1.807) is 13.8 Å². The zero-order valence-electron chi connectivity index (χ0n) is 17.6. The minimum atomic E-state index is -1.70. The summed E-state index contributed by atoms with van der Waals surface area (Å²) in [5, 5.41) is 25.2. The number of thiol groups is 1. The molecule has 1 rings (SSSR count). The Hall–Kier alpha value is -3.13. The van der Waals surface area contributed by atoms with Crippen molar-refractivity contribution in [2.24, 2.45) is 11.7 Å². The Labute approximate surface area is 189 Å². The standard InChI is InChI=1S/C18H28N6O7S/c1-8(2)14(24-15(27)10(19)6-32)17(29)22-11(3-9-5-20-7-21-9)16(28)23-12(18(30)31)4-13(25)26/h5,7-8,10-12,14,32H,3-4,6,19H2,1-2H3,(H,20,21)(H,22,29)(H,23,28)(H,24,27)(H,25,26)(H,30,31). The third-order valence-electron chi connectivity index (χ3n) is 4.39. The van der Waals surface area contributed by atoms with Crippen LogP contribution >= 0.6 is 12.6 Å². The van der Waals surface area contributed by atoms with Crippen molar-refractivity contribution in [1.82, 2.24) is 25.9 Å². The number of aromatic amines is 1. The number of nitrogens with one attached hydrogen (secondary N) is 4. The molecule has 1 aromatic rings. The van der Waals surface area contributed by atoms with Crippen molar-refractivity contribution in [1.29, 1.82) is 0 Å². The summed E-state index contributed by atoms with van der Waals surface area (Å²) in [6.07, 6.45) is 1.82. The normalized spacial score (nSPS) is 14.7. The molecule has 32 heavy (non-hydrogen) atoms. The number of nitrogens with two attached hydrogens (primary N) is 1. The van der Waals surface area contributed by atoms with E-state index >= 15 is 0 Å². The number of aliphatic carboxylic acids is 2. The topological polar surface area (TPSA) is 217 Å². The molecule has 0 spiro atoms. The van der Waals surface area contributed by atoms with Gasteiger partial charge >= 0.3 is 11.9 Å². The van der Waals surface area contributed by atoms with E-state index in [4.69, 9.17) is 10.8 Å². The maximum atomic E-state index is 12.9. The van der Waals surface area contributed by atoms with Crippen LogP contribution in [0.15, 0.2) is 12.5 Å². The largest absolute Gasteiger partial charge is 0.481 e. The number of H-pyrrole nitrogens is 1. The highest BCUT2D eigenvalue weighted by Gasteiger charge is 2.32. The van der Waals surface area contributed by atoms with E-state index in [9.17, 15) is 29.1 Å². The maximum Gasteiger partial charge on any atom is 0.326 e. The first-order valence-electron chi connectivity index (χ1n) is 9.65. The van der Waals surface area contributed by atoms with Crippen LogP contribution in [0.5, 0.6) is 0 Å². The fraction of sp³-hybridized carbons (Fsp3) is 0.556. The summed E-state index contributed by atoms with van der Waals surface area (Å²) in [5.41, 5.74) is 6.09. The lowest BCUT2D eigenvalue weighted by Gasteiger charge is -2.26. The molecular formula is C18H28N6O7S. The molecule has 178 valence electrons. The van der Waals surface area contributed by atoms with Crippen LogP contribution in [0.1, 0.15) is 26.0 Å². The third-order valence-corrected chi connectivity index (χ3v) is 4.78. The maximum absolute atomic E-state index is 12.9. The zero-order valence-corrected chi connectivity index (χ0v) is 18.5. The summed E-state index contributed by atoms with van der Waals surface area (Å²) in [6.45, 7) is 3.35. The van der Waals surface area contributed by atoms with E-state index in [0.29, 0.717) is 5.69 Å². The summed E-state index contributed by atoms with van der Waals surface area (Å²) in [5.74, 6) is -5.50. The molecule has 14 heteroatoms. The van der Waals surface area contributed by atoms with Crippen LogP contribution in [0.25, 0.3) is 0 Å². The number of aromatic nitrogens is 2. The molecule has 0 fully saturated rings. The molecule has 0 saturated carbocycles. The Morgan fingerprint density at radius 2 is 1.69 bits per heavy atom. The van der Waals surface area contributed by atoms with Gasteiger partial charge in [-0.15, -0.1) is 0 Å². The molecule has 1 aromatic heterocycles. The number of hydrogen-bond acceptors (Lipinski definition) is 8. The van der Waals surface area contributed by atoms with Crippen LogP contribution in [0.2, 0.25) is 0 Å². The monoisotopic (exact) mass is 472 g/mol. The number of rotatable bonds is 13. The molecular weight excluding hydrogens is 444 g/mol. The van der Waals surface area contributed by atoms with E-state index in [2.05, 4.69) is 38.5 Å². The van der Waals surface area contributed by atoms with Gasteiger partial charge in [0.1, 0.15) is 18.1 Å². The van der Waals surface area contributed by atoms with Crippen LogP contribution in [-0.4, -0.2) is 79.8 Å². The molecule has 4 atom stereocenters. The molecule has 0 aliphatic carbocycles. The van der Waals surface area contributed by atoms with Crippen molar-refractivity contribution in [2.75, 3.05) is 5.75 Å². The number of carboxylic acids is 2. The molecule has 0 aliphatic heterocycles. The van der Waals surface area contributed by atoms with Crippen LogP contribution in [0.3, 0.4) is 0 Å². The second kappa shape index (κ2) is 12.7. The van der Waals surface area contributed by atoms with Crippen LogP contribution in [0.4, 0.5) is 0 Å². The van der Waals surface area contributed by atoms with Crippen molar-refractivity contribution < 1.29 is 34.2 Å². The van der Waals surface area contributed by atoms with Gasteiger partial charge in [-0.3, -0.25) is 19.2 Å². The fourth-order valence-electron chi connectivity index (χ4n) is 2.61. The van der Waals surface area contributed by atoms with Crippen molar-refractivity contribution >= 4 is 42.3 Å². The van der Waals surface area contributed by atoms with E-state index < -0.39 is 60.2 Å². The van der Waals surface area contributed by atoms with E-state index in [1.807, 2.05) is 0 Å². The lowest BCUT2D eigenvalue weighted by molar-refractivity contribution is -0.147. The van der Waals surface area contributed by atoms with Gasteiger partial charge in [0.05, 0.1) is 18.8 Å². The highest BCUT2D eigenvalue weighted by atomic mass is 32.1. The van der Waals surface area contributed by atoms with Crippen LogP contribution in [0, 0.1) is 5.92 Å². The highest BCUT2D eigenvalue weighted by molar-refractivity contribution is 7.80. The lowest BCUT2D eigenvalue weighted by Crippen LogP contribution is -2.59. The Morgan fingerprint density at radius 3 is 2.16 bits per heavy atom. The Morgan fingerprint density at radius 1 is 1.06 bits per heavy atom. The fourth-order valence-corrected chi connectivity index (χ4v) is 2.78. The van der Waals surface area contributed by atoms with Gasteiger partial charge in [0.25, 0.3) is 0 Å². The second-order valence-electron chi connectivity index (χ2n) is 7.36. The molecule has 0 saturated heterocycles. The van der Waals surface area contributed by atoms with E-state index in [0.717, 1.165) is 0 Å². The van der Waals surface area contributed by atoms with Gasteiger partial charge < -0.3 is 36.9 Å². The average Bonchev–Trinajstić information content (AvgIpc) is 3.22. The number of nitrogens with zero attached hydrogens (tertiary/aromatic N) is 1. The molecule has 8 N–H and O–H groups in total. The number of imidazole rings is 1. The van der Waals surface area contributed by atoms with Gasteiger partial charge in [-0.2, -0.15) is 12.6 Å². The third kappa shape index (κ3) is 8.55. The van der Waals surface area contributed by atoms with Crippen LogP contribution in [-0.2, 0) is 30.4 Å². The number of hydrogen-bond donors (Lipinski definition) is 8. The molecule has 13 nitrogen and oxygen atoms in total. The zero-order chi connectivity index (χ0) is 24.4. The summed E-state index contributed by atoms with van der Waals surface area (Å²) in [6, 6.07) is -4.96. The van der Waals surface area contributed by atoms with Crippen LogP contribution < -0.4 is 21.7 Å². The van der Waals surface area contributed by atoms with Gasteiger partial charge in [0, 0.05) is 24.1 Å². The molecule has 4 unspecified atom stereocenters. The van der Waals surface area contributed by atoms with E-state index in [1.165, 1.54) is 12.5 Å². The van der Waals surface area contributed by atoms with Gasteiger partial charge in [0.2, 0.25) is 17.7 Å². The van der Waals surface area contributed by atoms with Crippen molar-refractivity contribution in [3.05, 3.63) is 18.2 Å². The smallest absolute Gasteiger partial charge is 0.326 e. The summed E-state index contributed by atoms with van der Waals surface area (Å²) in [7, 11) is 0. The Kier molecular flexibility index (Phi) is 10.6. The summed E-state index contributed by atoms with van der Waals surface area (Å²) < 4.78 is 0. The summed E-state index contributed by atoms with van der Waals surface area (Å²) in [4.78, 5) is 66.5. The van der Waals surface area contributed by atoms with E-state index in [-0.39, 0.29) is 18.1 Å². The summed E-state index contributed by atoms with van der Waals surface area (Å²) >= 11 is 3.95.